The van der Waals surface area contributed by atoms with Gasteiger partial charge in [0, 0.05) is 18.1 Å². The van der Waals surface area contributed by atoms with Crippen LogP contribution < -0.4 is 9.62 Å². The third kappa shape index (κ3) is 6.70. The number of rotatable bonds is 9. The van der Waals surface area contributed by atoms with Crippen LogP contribution in [0.25, 0.3) is 0 Å². The highest BCUT2D eigenvalue weighted by molar-refractivity contribution is 7.92. The van der Waals surface area contributed by atoms with Gasteiger partial charge < -0.3 is 10.2 Å². The van der Waals surface area contributed by atoms with Gasteiger partial charge >= 0.3 is 0 Å². The van der Waals surface area contributed by atoms with Crippen LogP contribution in [0.5, 0.6) is 0 Å². The first-order chi connectivity index (χ1) is 14.5. The fourth-order valence-corrected chi connectivity index (χ4v) is 4.07. The SMILES string of the molecule is CCNC(=O)[C@@H](C)N(Cc1ccccc1C)C(=O)CN(c1ccc(Cl)cc1)S(C)(=O)=O. The number of nitrogens with one attached hydrogen (secondary N) is 1. The largest absolute Gasteiger partial charge is 0.355 e. The summed E-state index contributed by atoms with van der Waals surface area (Å²) in [6.45, 7) is 5.53. The summed E-state index contributed by atoms with van der Waals surface area (Å²) in [7, 11) is -3.75. The second-order valence-electron chi connectivity index (χ2n) is 7.26. The Balaban J connectivity index is 2.38. The van der Waals surface area contributed by atoms with Crippen LogP contribution in [0.1, 0.15) is 25.0 Å². The number of hydrogen-bond donors (Lipinski definition) is 1. The highest BCUT2D eigenvalue weighted by atomic mass is 35.5. The van der Waals surface area contributed by atoms with Crippen molar-refractivity contribution in [1.29, 1.82) is 0 Å². The molecule has 0 aliphatic carbocycles. The summed E-state index contributed by atoms with van der Waals surface area (Å²) in [6, 6.07) is 13.0. The van der Waals surface area contributed by atoms with E-state index in [1.807, 2.05) is 31.2 Å². The highest BCUT2D eigenvalue weighted by Crippen LogP contribution is 2.21. The average Bonchev–Trinajstić information content (AvgIpc) is 2.71. The van der Waals surface area contributed by atoms with Crippen LogP contribution >= 0.6 is 11.6 Å². The van der Waals surface area contributed by atoms with Crippen LogP contribution in [0.3, 0.4) is 0 Å². The van der Waals surface area contributed by atoms with Gasteiger partial charge in [-0.1, -0.05) is 35.9 Å². The van der Waals surface area contributed by atoms with E-state index < -0.39 is 28.5 Å². The molecule has 0 aliphatic rings. The Bertz CT molecular complexity index is 1030. The topological polar surface area (TPSA) is 86.8 Å². The molecule has 0 heterocycles. The Kier molecular flexibility index (Phi) is 8.47. The lowest BCUT2D eigenvalue weighted by atomic mass is 10.1. The molecule has 0 bridgehead atoms. The van der Waals surface area contributed by atoms with E-state index in [4.69, 9.17) is 11.6 Å². The average molecular weight is 466 g/mol. The zero-order chi connectivity index (χ0) is 23.2. The van der Waals surface area contributed by atoms with Gasteiger partial charge in [-0.05, 0) is 56.2 Å². The lowest BCUT2D eigenvalue weighted by molar-refractivity contribution is -0.139. The van der Waals surface area contributed by atoms with Crippen molar-refractivity contribution in [3.8, 4) is 0 Å². The summed E-state index contributed by atoms with van der Waals surface area (Å²) in [6.07, 6.45) is 1.04. The van der Waals surface area contributed by atoms with Crippen LogP contribution in [0.2, 0.25) is 5.02 Å². The molecule has 1 N–H and O–H groups in total. The Morgan fingerprint density at radius 1 is 1.10 bits per heavy atom. The third-order valence-electron chi connectivity index (χ3n) is 4.91. The predicted octanol–water partition coefficient (Wildman–Crippen LogP) is 2.97. The molecule has 7 nitrogen and oxygen atoms in total. The van der Waals surface area contributed by atoms with Crippen molar-refractivity contribution in [1.82, 2.24) is 10.2 Å². The van der Waals surface area contributed by atoms with Crippen molar-refractivity contribution < 1.29 is 18.0 Å². The van der Waals surface area contributed by atoms with E-state index in [-0.39, 0.29) is 12.5 Å². The Morgan fingerprint density at radius 2 is 1.71 bits per heavy atom. The number of hydrogen-bond acceptors (Lipinski definition) is 4. The molecule has 2 amide bonds. The minimum absolute atomic E-state index is 0.183. The minimum atomic E-state index is -3.75. The Hall–Kier alpha value is -2.58. The first-order valence-electron chi connectivity index (χ1n) is 9.89. The first-order valence-corrected chi connectivity index (χ1v) is 12.1. The molecule has 0 saturated heterocycles. The lowest BCUT2D eigenvalue weighted by Crippen LogP contribution is -2.51. The number of carbonyl (C=O) groups is 2. The van der Waals surface area contributed by atoms with Crippen LogP contribution in [-0.2, 0) is 26.2 Å². The molecule has 168 valence electrons. The van der Waals surface area contributed by atoms with Crippen molar-refractivity contribution in [3.63, 3.8) is 0 Å². The van der Waals surface area contributed by atoms with Crippen LogP contribution in [0, 0.1) is 6.92 Å². The van der Waals surface area contributed by atoms with Crippen molar-refractivity contribution in [3.05, 3.63) is 64.7 Å². The maximum Gasteiger partial charge on any atom is 0.244 e. The van der Waals surface area contributed by atoms with Crippen molar-refractivity contribution >= 4 is 39.1 Å². The normalized spacial score (nSPS) is 12.2. The maximum atomic E-state index is 13.3. The summed E-state index contributed by atoms with van der Waals surface area (Å²) >= 11 is 5.91. The first kappa shape index (κ1) is 24.7. The molecular formula is C22H28ClN3O4S. The number of likely N-dealkylation sites (N-methyl/N-ethyl adjacent to an activating group) is 1. The molecule has 31 heavy (non-hydrogen) atoms. The molecule has 0 unspecified atom stereocenters. The highest BCUT2D eigenvalue weighted by Gasteiger charge is 2.30. The molecular weight excluding hydrogens is 438 g/mol. The minimum Gasteiger partial charge on any atom is -0.355 e. The molecule has 0 radical (unpaired) electrons. The quantitative estimate of drug-likeness (QED) is 0.616. The van der Waals surface area contributed by atoms with Crippen LogP contribution in [0.15, 0.2) is 48.5 Å². The fourth-order valence-electron chi connectivity index (χ4n) is 3.10. The van der Waals surface area contributed by atoms with Gasteiger partial charge in [-0.15, -0.1) is 0 Å². The predicted molar refractivity (Wildman–Crippen MR) is 124 cm³/mol. The van der Waals surface area contributed by atoms with Gasteiger partial charge in [0.15, 0.2) is 0 Å². The van der Waals surface area contributed by atoms with Gasteiger partial charge in [0.25, 0.3) is 0 Å². The van der Waals surface area contributed by atoms with Gasteiger partial charge in [0.1, 0.15) is 12.6 Å². The van der Waals surface area contributed by atoms with E-state index in [0.717, 1.165) is 21.7 Å². The van der Waals surface area contributed by atoms with Crippen molar-refractivity contribution in [2.75, 3.05) is 23.7 Å². The molecule has 2 rings (SSSR count). The van der Waals surface area contributed by atoms with E-state index in [1.165, 1.54) is 17.0 Å². The second kappa shape index (κ2) is 10.6. The van der Waals surface area contributed by atoms with Gasteiger partial charge in [0.05, 0.1) is 11.9 Å². The van der Waals surface area contributed by atoms with Gasteiger partial charge in [-0.3, -0.25) is 13.9 Å². The molecule has 0 fully saturated rings. The third-order valence-corrected chi connectivity index (χ3v) is 6.31. The summed E-state index contributed by atoms with van der Waals surface area (Å²) in [5.41, 5.74) is 2.17. The Morgan fingerprint density at radius 3 is 2.26 bits per heavy atom. The molecule has 9 heteroatoms. The number of anilines is 1. The van der Waals surface area contributed by atoms with E-state index in [1.54, 1.807) is 26.0 Å². The fraction of sp³-hybridized carbons (Fsp3) is 0.364. The maximum absolute atomic E-state index is 13.3. The van der Waals surface area contributed by atoms with E-state index in [0.29, 0.717) is 17.3 Å². The van der Waals surface area contributed by atoms with Crippen molar-refractivity contribution in [2.24, 2.45) is 0 Å². The zero-order valence-corrected chi connectivity index (χ0v) is 19.7. The smallest absolute Gasteiger partial charge is 0.244 e. The van der Waals surface area contributed by atoms with E-state index in [2.05, 4.69) is 5.32 Å². The molecule has 0 aromatic heterocycles. The number of halogens is 1. The monoisotopic (exact) mass is 465 g/mol. The number of amides is 2. The zero-order valence-electron chi connectivity index (χ0n) is 18.1. The molecule has 0 saturated carbocycles. The van der Waals surface area contributed by atoms with E-state index in [9.17, 15) is 18.0 Å². The molecule has 2 aromatic rings. The van der Waals surface area contributed by atoms with Gasteiger partial charge in [0.2, 0.25) is 21.8 Å². The lowest BCUT2D eigenvalue weighted by Gasteiger charge is -2.31. The van der Waals surface area contributed by atoms with E-state index >= 15 is 0 Å². The number of carbonyl (C=O) groups excluding carboxylic acids is 2. The molecule has 0 aliphatic heterocycles. The molecule has 0 spiro atoms. The number of sulfonamides is 1. The van der Waals surface area contributed by atoms with Crippen molar-refractivity contribution in [2.45, 2.75) is 33.4 Å². The van der Waals surface area contributed by atoms with Crippen LogP contribution in [0.4, 0.5) is 5.69 Å². The Labute approximate surface area is 189 Å². The second-order valence-corrected chi connectivity index (χ2v) is 9.61. The van der Waals surface area contributed by atoms with Gasteiger partial charge in [-0.2, -0.15) is 0 Å². The number of benzene rings is 2. The van der Waals surface area contributed by atoms with Gasteiger partial charge in [-0.25, -0.2) is 8.42 Å². The molecule has 1 atom stereocenters. The standard InChI is InChI=1S/C22H28ClN3O4S/c1-5-24-22(28)17(3)25(14-18-9-7-6-8-16(18)2)21(27)15-26(31(4,29)30)20-12-10-19(23)11-13-20/h6-13,17H,5,14-15H2,1-4H3,(H,24,28)/t17-/m1/s1. The summed E-state index contributed by atoms with van der Waals surface area (Å²) in [5.74, 6) is -0.788. The van der Waals surface area contributed by atoms with Crippen LogP contribution in [-0.4, -0.2) is 50.5 Å². The summed E-state index contributed by atoms with van der Waals surface area (Å²) in [5, 5.41) is 3.18. The number of nitrogens with zero attached hydrogens (tertiary/aromatic N) is 2. The molecule has 2 aromatic carbocycles. The summed E-state index contributed by atoms with van der Waals surface area (Å²) in [4.78, 5) is 27.2. The summed E-state index contributed by atoms with van der Waals surface area (Å²) < 4.78 is 25.9. The number of aryl methyl sites for hydroxylation is 1.